The summed E-state index contributed by atoms with van der Waals surface area (Å²) in [7, 11) is 1.47. The summed E-state index contributed by atoms with van der Waals surface area (Å²) in [6.45, 7) is 14.0. The van der Waals surface area contributed by atoms with Gasteiger partial charge < -0.3 is 41.0 Å². The van der Waals surface area contributed by atoms with Crippen molar-refractivity contribution in [1.29, 1.82) is 0 Å². The Morgan fingerprint density at radius 1 is 0.841 bits per heavy atom. The van der Waals surface area contributed by atoms with Gasteiger partial charge in [0.05, 0.1) is 16.9 Å². The van der Waals surface area contributed by atoms with Crippen LogP contribution >= 0.6 is 0 Å². The fraction of sp³-hybridized carbons (Fsp3) is 0.306. The lowest BCUT2D eigenvalue weighted by Gasteiger charge is -2.37. The predicted molar refractivity (Wildman–Crippen MR) is 257 cm³/mol. The van der Waals surface area contributed by atoms with E-state index in [1.165, 1.54) is 39.7 Å². The van der Waals surface area contributed by atoms with Gasteiger partial charge in [0, 0.05) is 42.3 Å². The normalized spacial score (nSPS) is 12.2. The third-order valence-corrected chi connectivity index (χ3v) is 10.7. The van der Waals surface area contributed by atoms with Crippen molar-refractivity contribution in [2.45, 2.75) is 89.6 Å². The van der Waals surface area contributed by atoms with Gasteiger partial charge in [0.1, 0.15) is 35.3 Å². The van der Waals surface area contributed by atoms with Crippen LogP contribution < -0.4 is 32.0 Å². The Morgan fingerprint density at radius 2 is 1.48 bits per heavy atom. The van der Waals surface area contributed by atoms with E-state index < -0.39 is 75.9 Å². The average molecular weight is 940 g/mol. The van der Waals surface area contributed by atoms with E-state index in [0.717, 1.165) is 0 Å². The van der Waals surface area contributed by atoms with E-state index in [-0.39, 0.29) is 24.9 Å². The smallest absolute Gasteiger partial charge is 0.480 e. The minimum absolute atomic E-state index is 0.0965. The highest BCUT2D eigenvalue weighted by atomic mass is 16.6. The van der Waals surface area contributed by atoms with Crippen LogP contribution in [0.1, 0.15) is 75.4 Å². The number of rotatable bonds is 20. The zero-order valence-electron chi connectivity index (χ0n) is 39.0. The van der Waals surface area contributed by atoms with Crippen LogP contribution in [-0.4, -0.2) is 92.5 Å². The summed E-state index contributed by atoms with van der Waals surface area (Å²) in [5.74, 6) is -4.53. The molecule has 1 heterocycles. The molecule has 2 atom stereocenters. The Balaban J connectivity index is 1.39. The molecule has 0 saturated carbocycles. The van der Waals surface area contributed by atoms with Crippen LogP contribution in [0.4, 0.5) is 10.5 Å². The van der Waals surface area contributed by atoms with Crippen LogP contribution in [0.2, 0.25) is 0 Å². The molecule has 20 heteroatoms. The maximum Gasteiger partial charge on any atom is 0.741 e. The minimum atomic E-state index is -1.79. The molecule has 0 saturated heterocycles. The van der Waals surface area contributed by atoms with Crippen molar-refractivity contribution in [2.75, 3.05) is 6.54 Å². The molecule has 0 fully saturated rings. The monoisotopic (exact) mass is 939 g/mol. The average Bonchev–Trinajstić information content (AvgIpc) is 3.76. The Labute approximate surface area is 399 Å². The molecular weight excluding hydrogens is 885 g/mol. The number of nitro benzene ring substituents is 1. The van der Waals surface area contributed by atoms with Crippen molar-refractivity contribution in [2.24, 2.45) is 0 Å². The first-order valence-corrected chi connectivity index (χ1v) is 21.8. The fourth-order valence-corrected chi connectivity index (χ4v) is 7.44. The van der Waals surface area contributed by atoms with Gasteiger partial charge in [-0.3, -0.25) is 34.1 Å². The summed E-state index contributed by atoms with van der Waals surface area (Å²) in [4.78, 5) is 95.8. The number of ether oxygens (including phenoxy) is 1. The molecule has 1 radical (unpaired) electrons. The van der Waals surface area contributed by atoms with Crippen molar-refractivity contribution in [3.05, 3.63) is 158 Å². The molecule has 0 bridgehead atoms. The molecule has 5 aromatic rings. The number of alkyl carbamates (subject to hydrolysis) is 1. The highest BCUT2D eigenvalue weighted by Gasteiger charge is 2.40. The molecule has 5 amide bonds. The Morgan fingerprint density at radius 3 is 2.06 bits per heavy atom. The van der Waals surface area contributed by atoms with Gasteiger partial charge in [-0.25, -0.2) is 9.78 Å². The molecule has 0 aliphatic rings. The first kappa shape index (κ1) is 51.6. The number of carbonyl (C=O) groups excluding carboxylic acids is 5. The number of benzene rings is 4. The summed E-state index contributed by atoms with van der Waals surface area (Å²) < 4.78 is 10.7. The van der Waals surface area contributed by atoms with Gasteiger partial charge in [0.2, 0.25) is 30.2 Å². The Bertz CT molecular complexity index is 2690. The van der Waals surface area contributed by atoms with E-state index in [4.69, 9.17) is 11.3 Å². The lowest BCUT2D eigenvalue weighted by Crippen LogP contribution is -2.62. The number of carboxylic acids is 1. The van der Waals surface area contributed by atoms with Gasteiger partial charge in [0.15, 0.2) is 0 Å². The quantitative estimate of drug-likeness (QED) is 0.0279. The molecule has 6 N–H and O–H groups in total. The second kappa shape index (κ2) is 22.4. The largest absolute Gasteiger partial charge is 0.741 e. The number of hydrogen-bond acceptors (Lipinski definition) is 10. The van der Waals surface area contributed by atoms with Gasteiger partial charge in [-0.05, 0) is 76.3 Å². The molecule has 0 aliphatic heterocycles. The number of nitrogens with zero attached hydrogens (tertiary/aromatic N) is 4. The van der Waals surface area contributed by atoms with Gasteiger partial charge in [-0.2, -0.15) is 4.76 Å². The van der Waals surface area contributed by atoms with Crippen LogP contribution in [0.3, 0.4) is 0 Å². The van der Waals surface area contributed by atoms with E-state index in [1.807, 2.05) is 72.8 Å². The highest BCUT2D eigenvalue weighted by Crippen LogP contribution is 2.37. The van der Waals surface area contributed by atoms with Crippen molar-refractivity contribution in [3.63, 3.8) is 0 Å². The second-order valence-corrected chi connectivity index (χ2v) is 17.6. The summed E-state index contributed by atoms with van der Waals surface area (Å²) >= 11 is 0. The van der Waals surface area contributed by atoms with E-state index in [0.29, 0.717) is 39.1 Å². The Hall–Kier alpha value is -8.34. The fourth-order valence-electron chi connectivity index (χ4n) is 7.44. The standard InChI is InChI=1S/C49H54BN9O10/c1-31-25-37(59(67)68)21-23-40(31)58-29-36(53-30-58)27-39(55-46(66)69-47(2,3)4)44(64)57-48(5,6)45(65)54-38(43(63)52-28-42(61)62)22-24-41(60)56-49(32-15-10-8-11-16-32,33-17-12-9-13-18-33)34-19-14-20-35(26-34)50-51-7/h7-21,23,25-26,29-30,38-39H,22,24,27-28H2,1-6H3,(H,52,63)(H,54,65)(H,55,66)(H,56,60)(H,57,64)(H,61,62)/q+1. The van der Waals surface area contributed by atoms with Crippen LogP contribution in [0.25, 0.3) is 10.4 Å². The summed E-state index contributed by atoms with van der Waals surface area (Å²) in [6, 6.07) is 27.2. The maximum absolute atomic E-state index is 14.3. The van der Waals surface area contributed by atoms with E-state index in [1.54, 1.807) is 56.7 Å². The molecule has 1 aromatic heterocycles. The van der Waals surface area contributed by atoms with Crippen LogP contribution in [0.15, 0.2) is 116 Å². The number of amides is 5. The molecule has 2 unspecified atom stereocenters. The summed E-state index contributed by atoms with van der Waals surface area (Å²) in [6.07, 6.45) is 1.22. The van der Waals surface area contributed by atoms with Crippen molar-refractivity contribution in [1.82, 2.24) is 36.1 Å². The molecule has 0 spiro atoms. The number of carbonyl (C=O) groups is 6. The van der Waals surface area contributed by atoms with Crippen molar-refractivity contribution < 1.29 is 43.5 Å². The molecule has 4 aromatic carbocycles. The summed E-state index contributed by atoms with van der Waals surface area (Å²) in [5.41, 5.74) is 0.0500. The van der Waals surface area contributed by atoms with Crippen LogP contribution in [-0.2, 0) is 40.7 Å². The number of hydrogen-bond donors (Lipinski definition) is 6. The number of nitrogens with one attached hydrogen (secondary N) is 5. The number of non-ortho nitro benzene ring substituents is 1. The zero-order valence-corrected chi connectivity index (χ0v) is 39.0. The summed E-state index contributed by atoms with van der Waals surface area (Å²) in [5, 5.41) is 33.9. The van der Waals surface area contributed by atoms with Gasteiger partial charge in [-0.1, -0.05) is 84.9 Å². The van der Waals surface area contributed by atoms with Gasteiger partial charge in [-0.15, -0.1) is 0 Å². The molecular formula is C49H54BN9O10+. The number of carboxylic acid groups (broad SMARTS) is 1. The molecule has 69 heavy (non-hydrogen) atoms. The molecule has 5 rings (SSSR count). The first-order chi connectivity index (χ1) is 32.6. The predicted octanol–water partition coefficient (Wildman–Crippen LogP) is 4.20. The SMILES string of the molecule is C#[N+][B]c1cccc(C(NC(=O)CCC(NC(=O)C(C)(C)NC(=O)C(Cc2cn(-c3ccc([N+](=O)[O-])cc3C)cn2)NC(=O)OC(C)(C)C)C(=O)NCC(=O)O)(c2ccccc2)c2ccccc2)c1. The van der Waals surface area contributed by atoms with E-state index in [9.17, 15) is 44.0 Å². The number of imidazole rings is 1. The van der Waals surface area contributed by atoms with Crippen molar-refractivity contribution in [3.8, 4) is 12.3 Å². The van der Waals surface area contributed by atoms with E-state index in [2.05, 4.69) is 36.3 Å². The topological polar surface area (TPSA) is 257 Å². The van der Waals surface area contributed by atoms with Gasteiger partial charge >= 0.3 is 19.5 Å². The Kier molecular flexibility index (Phi) is 16.8. The molecule has 19 nitrogen and oxygen atoms in total. The minimum Gasteiger partial charge on any atom is -0.480 e. The number of aliphatic carboxylic acids is 1. The molecule has 357 valence electrons. The second-order valence-electron chi connectivity index (χ2n) is 17.6. The lowest BCUT2D eigenvalue weighted by atomic mass is 9.74. The third kappa shape index (κ3) is 13.9. The van der Waals surface area contributed by atoms with E-state index >= 15 is 0 Å². The maximum atomic E-state index is 14.3. The zero-order chi connectivity index (χ0) is 50.5. The first-order valence-electron chi connectivity index (χ1n) is 21.8. The number of nitro groups is 1. The molecule has 0 aliphatic carbocycles. The van der Waals surface area contributed by atoms with Crippen molar-refractivity contribution >= 4 is 54.3 Å². The number of aromatic nitrogens is 2. The van der Waals surface area contributed by atoms with Crippen LogP contribution in [0.5, 0.6) is 0 Å². The lowest BCUT2D eigenvalue weighted by molar-refractivity contribution is -0.384. The third-order valence-electron chi connectivity index (χ3n) is 10.7. The number of aryl methyl sites for hydroxylation is 1. The van der Waals surface area contributed by atoms with Crippen LogP contribution in [0, 0.1) is 23.6 Å². The van der Waals surface area contributed by atoms with Gasteiger partial charge in [0.25, 0.3) is 5.69 Å². The highest BCUT2D eigenvalue weighted by molar-refractivity contribution is 6.56.